The van der Waals surface area contributed by atoms with Gasteiger partial charge in [0.1, 0.15) is 0 Å². The number of hydrogen-bond acceptors (Lipinski definition) is 2. The van der Waals surface area contributed by atoms with Crippen LogP contribution in [0.4, 0.5) is 10.5 Å². The number of benzene rings is 1. The Morgan fingerprint density at radius 3 is 2.70 bits per heavy atom. The van der Waals surface area contributed by atoms with Gasteiger partial charge in [-0.3, -0.25) is 0 Å². The Balaban J connectivity index is 2.14. The lowest BCUT2D eigenvalue weighted by atomic mass is 10.0. The molecule has 0 saturated carbocycles. The number of likely N-dealkylation sites (tertiary alicyclic amines) is 1. The van der Waals surface area contributed by atoms with Crippen LogP contribution in [0.1, 0.15) is 37.0 Å². The number of para-hydroxylation sites is 1. The summed E-state index contributed by atoms with van der Waals surface area (Å²) in [5.74, 6) is -0.638. The molecular weight excluding hydrogens is 256 g/mol. The van der Waals surface area contributed by atoms with Gasteiger partial charge in [0.05, 0.1) is 11.3 Å². The first-order chi connectivity index (χ1) is 9.50. The highest BCUT2D eigenvalue weighted by atomic mass is 16.4. The lowest BCUT2D eigenvalue weighted by Gasteiger charge is -2.28. The summed E-state index contributed by atoms with van der Waals surface area (Å²) in [6.07, 6.45) is 2.00. The molecule has 0 spiro atoms. The monoisotopic (exact) mass is 276 g/mol. The Bertz CT molecular complexity index is 514. The van der Waals surface area contributed by atoms with Crippen LogP contribution in [0.3, 0.4) is 0 Å². The standard InChI is InChI=1S/C15H20N2O3/c1-10(2)13-8-5-9-17(13)15(20)16-12-7-4-3-6-11(12)14(18)19/h3-4,6-7,10,13H,5,8-9H2,1-2H3,(H,16,20)(H,18,19). The maximum Gasteiger partial charge on any atom is 0.337 e. The molecule has 0 radical (unpaired) electrons. The van der Waals surface area contributed by atoms with Gasteiger partial charge in [0.2, 0.25) is 0 Å². The molecule has 0 aliphatic carbocycles. The minimum Gasteiger partial charge on any atom is -0.478 e. The Hall–Kier alpha value is -2.04. The van der Waals surface area contributed by atoms with Crippen molar-refractivity contribution in [3.05, 3.63) is 29.8 Å². The van der Waals surface area contributed by atoms with Gasteiger partial charge in [-0.05, 0) is 30.9 Å². The van der Waals surface area contributed by atoms with Crippen LogP contribution in [-0.4, -0.2) is 34.6 Å². The molecule has 1 aromatic rings. The number of aromatic carboxylic acids is 1. The first-order valence-electron chi connectivity index (χ1n) is 6.90. The molecule has 1 aromatic carbocycles. The molecule has 2 N–H and O–H groups in total. The van der Waals surface area contributed by atoms with Crippen LogP contribution in [0.25, 0.3) is 0 Å². The van der Waals surface area contributed by atoms with Crippen molar-refractivity contribution >= 4 is 17.7 Å². The number of anilines is 1. The summed E-state index contributed by atoms with van der Waals surface area (Å²) in [5.41, 5.74) is 0.459. The predicted octanol–water partition coefficient (Wildman–Crippen LogP) is 3.04. The number of rotatable bonds is 3. The predicted molar refractivity (Wildman–Crippen MR) is 77.0 cm³/mol. The Labute approximate surface area is 118 Å². The minimum atomic E-state index is -1.04. The maximum absolute atomic E-state index is 12.3. The summed E-state index contributed by atoms with van der Waals surface area (Å²) in [6, 6.07) is 6.48. The minimum absolute atomic E-state index is 0.112. The highest BCUT2D eigenvalue weighted by Crippen LogP contribution is 2.25. The average Bonchev–Trinajstić information content (AvgIpc) is 2.88. The number of carboxylic acids is 1. The van der Waals surface area contributed by atoms with Gasteiger partial charge in [-0.1, -0.05) is 26.0 Å². The van der Waals surface area contributed by atoms with Crippen LogP contribution in [0.2, 0.25) is 0 Å². The van der Waals surface area contributed by atoms with Gasteiger partial charge in [-0.25, -0.2) is 9.59 Å². The van der Waals surface area contributed by atoms with Crippen LogP contribution in [0.15, 0.2) is 24.3 Å². The molecule has 0 aromatic heterocycles. The average molecular weight is 276 g/mol. The highest BCUT2D eigenvalue weighted by Gasteiger charge is 2.31. The van der Waals surface area contributed by atoms with E-state index in [1.165, 1.54) is 6.07 Å². The van der Waals surface area contributed by atoms with E-state index in [0.29, 0.717) is 11.6 Å². The van der Waals surface area contributed by atoms with Gasteiger partial charge in [0.25, 0.3) is 0 Å². The second-order valence-electron chi connectivity index (χ2n) is 5.43. The molecule has 0 bridgehead atoms. The van der Waals surface area contributed by atoms with Gasteiger partial charge in [-0.2, -0.15) is 0 Å². The Morgan fingerprint density at radius 1 is 1.35 bits per heavy atom. The molecule has 1 fully saturated rings. The van der Waals surface area contributed by atoms with Crippen LogP contribution in [0.5, 0.6) is 0 Å². The third kappa shape index (κ3) is 2.92. The van der Waals surface area contributed by atoms with Gasteiger partial charge in [0, 0.05) is 12.6 Å². The lowest BCUT2D eigenvalue weighted by Crippen LogP contribution is -2.41. The first-order valence-corrected chi connectivity index (χ1v) is 6.90. The zero-order valence-corrected chi connectivity index (χ0v) is 11.8. The van der Waals surface area contributed by atoms with Crippen LogP contribution < -0.4 is 5.32 Å². The van der Waals surface area contributed by atoms with Gasteiger partial charge >= 0.3 is 12.0 Å². The van der Waals surface area contributed by atoms with Crippen molar-refractivity contribution in [1.29, 1.82) is 0 Å². The molecule has 5 nitrogen and oxygen atoms in total. The molecule has 108 valence electrons. The van der Waals surface area contributed by atoms with Crippen LogP contribution in [-0.2, 0) is 0 Å². The summed E-state index contributed by atoms with van der Waals surface area (Å²) in [7, 11) is 0. The molecular formula is C15H20N2O3. The number of carbonyl (C=O) groups is 2. The van der Waals surface area contributed by atoms with Crippen molar-refractivity contribution in [1.82, 2.24) is 4.90 Å². The fraction of sp³-hybridized carbons (Fsp3) is 0.467. The number of nitrogens with one attached hydrogen (secondary N) is 1. The van der Waals surface area contributed by atoms with Crippen molar-refractivity contribution < 1.29 is 14.7 Å². The van der Waals surface area contributed by atoms with Gasteiger partial charge in [-0.15, -0.1) is 0 Å². The van der Waals surface area contributed by atoms with Crippen molar-refractivity contribution in [2.24, 2.45) is 5.92 Å². The van der Waals surface area contributed by atoms with E-state index < -0.39 is 5.97 Å². The zero-order chi connectivity index (χ0) is 14.7. The normalized spacial score (nSPS) is 18.4. The smallest absolute Gasteiger partial charge is 0.337 e. The largest absolute Gasteiger partial charge is 0.478 e. The summed E-state index contributed by atoms with van der Waals surface area (Å²) >= 11 is 0. The SMILES string of the molecule is CC(C)C1CCCN1C(=O)Nc1ccccc1C(=O)O. The summed E-state index contributed by atoms with van der Waals surface area (Å²) < 4.78 is 0. The van der Waals surface area contributed by atoms with E-state index in [1.807, 2.05) is 4.90 Å². The molecule has 5 heteroatoms. The molecule has 1 aliphatic heterocycles. The van der Waals surface area contributed by atoms with Crippen LogP contribution >= 0.6 is 0 Å². The third-order valence-corrected chi connectivity index (χ3v) is 3.73. The number of urea groups is 1. The van der Waals surface area contributed by atoms with Gasteiger partial charge in [0.15, 0.2) is 0 Å². The molecule has 2 amide bonds. The molecule has 1 saturated heterocycles. The van der Waals surface area contributed by atoms with Crippen LogP contribution in [0, 0.1) is 5.92 Å². The highest BCUT2D eigenvalue weighted by molar-refractivity contribution is 6.00. The van der Waals surface area contributed by atoms with E-state index >= 15 is 0 Å². The number of nitrogens with zero attached hydrogens (tertiary/aromatic N) is 1. The quantitative estimate of drug-likeness (QED) is 0.891. The maximum atomic E-state index is 12.3. The molecule has 1 heterocycles. The molecule has 1 atom stereocenters. The second-order valence-corrected chi connectivity index (χ2v) is 5.43. The van der Waals surface area contributed by atoms with E-state index in [-0.39, 0.29) is 17.6 Å². The fourth-order valence-electron chi connectivity index (χ4n) is 2.70. The van der Waals surface area contributed by atoms with E-state index in [4.69, 9.17) is 5.11 Å². The zero-order valence-electron chi connectivity index (χ0n) is 11.8. The molecule has 1 unspecified atom stereocenters. The Morgan fingerprint density at radius 2 is 2.05 bits per heavy atom. The first kappa shape index (κ1) is 14.4. The molecule has 2 rings (SSSR count). The number of amides is 2. The topological polar surface area (TPSA) is 69.6 Å². The van der Waals surface area contributed by atoms with E-state index in [0.717, 1.165) is 19.4 Å². The number of carbonyl (C=O) groups excluding carboxylic acids is 1. The van der Waals surface area contributed by atoms with Gasteiger partial charge < -0.3 is 15.3 Å². The second kappa shape index (κ2) is 5.94. The van der Waals surface area contributed by atoms with E-state index in [2.05, 4.69) is 19.2 Å². The fourth-order valence-corrected chi connectivity index (χ4v) is 2.70. The van der Waals surface area contributed by atoms with Crippen molar-refractivity contribution in [3.63, 3.8) is 0 Å². The summed E-state index contributed by atoms with van der Waals surface area (Å²) in [5, 5.41) is 11.8. The Kier molecular flexibility index (Phi) is 4.27. The summed E-state index contributed by atoms with van der Waals surface area (Å²) in [6.45, 7) is 4.92. The van der Waals surface area contributed by atoms with E-state index in [9.17, 15) is 9.59 Å². The van der Waals surface area contributed by atoms with Crippen molar-refractivity contribution in [2.75, 3.05) is 11.9 Å². The summed E-state index contributed by atoms with van der Waals surface area (Å²) in [4.78, 5) is 25.3. The molecule has 1 aliphatic rings. The number of hydrogen-bond donors (Lipinski definition) is 2. The third-order valence-electron chi connectivity index (χ3n) is 3.73. The molecule has 20 heavy (non-hydrogen) atoms. The lowest BCUT2D eigenvalue weighted by molar-refractivity contribution is 0.0698. The number of carboxylic acid groups (broad SMARTS) is 1. The van der Waals surface area contributed by atoms with Crippen molar-refractivity contribution in [2.45, 2.75) is 32.7 Å². The van der Waals surface area contributed by atoms with Crippen molar-refractivity contribution in [3.8, 4) is 0 Å². The van der Waals surface area contributed by atoms with E-state index in [1.54, 1.807) is 18.2 Å².